The minimum atomic E-state index is -4.31. The fraction of sp³-hybridized carbons (Fsp3) is 0.438. The molecule has 0 spiro atoms. The third kappa shape index (κ3) is 5.28. The summed E-state index contributed by atoms with van der Waals surface area (Å²) < 4.78 is 40.1. The molecule has 0 saturated carbocycles. The van der Waals surface area contributed by atoms with E-state index in [1.165, 1.54) is 0 Å². The maximum atomic E-state index is 12.0. The average molecular weight is 328 g/mol. The molecule has 0 aliphatic carbocycles. The van der Waals surface area contributed by atoms with E-state index >= 15 is 0 Å². The number of nitrogens with one attached hydrogen (secondary N) is 2. The Morgan fingerprint density at radius 1 is 1.30 bits per heavy atom. The van der Waals surface area contributed by atoms with Gasteiger partial charge in [0.15, 0.2) is 0 Å². The van der Waals surface area contributed by atoms with E-state index in [0.717, 1.165) is 22.2 Å². The Morgan fingerprint density at radius 3 is 2.78 bits per heavy atom. The van der Waals surface area contributed by atoms with E-state index in [-0.39, 0.29) is 25.5 Å². The summed E-state index contributed by atoms with van der Waals surface area (Å²) in [7, 11) is 0. The molecule has 0 radical (unpaired) electrons. The van der Waals surface area contributed by atoms with Gasteiger partial charge in [-0.25, -0.2) is 0 Å². The number of para-hydroxylation sites is 1. The number of aromatic nitrogens is 1. The second-order valence-electron chi connectivity index (χ2n) is 5.32. The first kappa shape index (κ1) is 17.3. The lowest BCUT2D eigenvalue weighted by Crippen LogP contribution is -2.27. The molecule has 0 aliphatic rings. The van der Waals surface area contributed by atoms with Crippen LogP contribution in [0.15, 0.2) is 24.3 Å². The van der Waals surface area contributed by atoms with Gasteiger partial charge < -0.3 is 15.0 Å². The molecule has 23 heavy (non-hydrogen) atoms. The zero-order chi connectivity index (χ0) is 16.9. The van der Waals surface area contributed by atoms with Gasteiger partial charge >= 0.3 is 6.18 Å². The summed E-state index contributed by atoms with van der Waals surface area (Å²) in [5, 5.41) is 3.70. The summed E-state index contributed by atoms with van der Waals surface area (Å²) in [4.78, 5) is 15.2. The molecular weight excluding hydrogens is 309 g/mol. The number of hydrogen-bond donors (Lipinski definition) is 2. The van der Waals surface area contributed by atoms with E-state index in [1.54, 1.807) is 0 Å². The first-order valence-corrected chi connectivity index (χ1v) is 7.34. The number of carbonyl (C=O) groups excluding carboxylic acids is 1. The molecule has 0 atom stereocenters. The van der Waals surface area contributed by atoms with Crippen LogP contribution in [0.25, 0.3) is 10.9 Å². The monoisotopic (exact) mass is 328 g/mol. The van der Waals surface area contributed by atoms with Crippen molar-refractivity contribution >= 4 is 16.8 Å². The maximum absolute atomic E-state index is 12.0. The molecule has 1 aromatic carbocycles. The van der Waals surface area contributed by atoms with E-state index in [4.69, 9.17) is 0 Å². The van der Waals surface area contributed by atoms with Crippen LogP contribution in [-0.4, -0.2) is 36.8 Å². The van der Waals surface area contributed by atoms with Crippen molar-refractivity contribution in [1.29, 1.82) is 0 Å². The highest BCUT2D eigenvalue weighted by atomic mass is 19.4. The Kier molecular flexibility index (Phi) is 5.65. The van der Waals surface area contributed by atoms with Gasteiger partial charge in [0.25, 0.3) is 0 Å². The summed E-state index contributed by atoms with van der Waals surface area (Å²) in [6, 6.07) is 7.73. The SMILES string of the molecule is Cc1[nH]c2ccccc2c1CC(=O)NCCCOCC(F)(F)F. The van der Waals surface area contributed by atoms with Crippen molar-refractivity contribution in [1.82, 2.24) is 10.3 Å². The minimum absolute atomic E-state index is 0.0358. The van der Waals surface area contributed by atoms with Gasteiger partial charge in [-0.15, -0.1) is 0 Å². The molecule has 2 aromatic rings. The molecule has 1 aromatic heterocycles. The van der Waals surface area contributed by atoms with Crippen LogP contribution in [-0.2, 0) is 16.0 Å². The smallest absolute Gasteiger partial charge is 0.372 e. The van der Waals surface area contributed by atoms with Gasteiger partial charge in [-0.3, -0.25) is 4.79 Å². The number of benzene rings is 1. The number of ether oxygens (including phenoxy) is 1. The van der Waals surface area contributed by atoms with E-state index < -0.39 is 12.8 Å². The summed E-state index contributed by atoms with van der Waals surface area (Å²) in [5.41, 5.74) is 2.86. The lowest BCUT2D eigenvalue weighted by Gasteiger charge is -2.08. The second kappa shape index (κ2) is 7.50. The zero-order valence-corrected chi connectivity index (χ0v) is 12.8. The predicted molar refractivity (Wildman–Crippen MR) is 81.2 cm³/mol. The highest BCUT2D eigenvalue weighted by Gasteiger charge is 2.27. The number of H-pyrrole nitrogens is 1. The largest absolute Gasteiger partial charge is 0.411 e. The number of halogens is 3. The van der Waals surface area contributed by atoms with E-state index in [1.807, 2.05) is 31.2 Å². The van der Waals surface area contributed by atoms with E-state index in [9.17, 15) is 18.0 Å². The lowest BCUT2D eigenvalue weighted by molar-refractivity contribution is -0.174. The number of amides is 1. The minimum Gasteiger partial charge on any atom is -0.372 e. The normalized spacial score (nSPS) is 11.8. The molecule has 126 valence electrons. The van der Waals surface area contributed by atoms with Crippen LogP contribution in [0.3, 0.4) is 0 Å². The third-order valence-electron chi connectivity index (χ3n) is 3.42. The molecule has 1 heterocycles. The molecule has 0 unspecified atom stereocenters. The van der Waals surface area contributed by atoms with Gasteiger partial charge in [-0.2, -0.15) is 13.2 Å². The zero-order valence-electron chi connectivity index (χ0n) is 12.8. The number of alkyl halides is 3. The van der Waals surface area contributed by atoms with Crippen LogP contribution in [0.5, 0.6) is 0 Å². The maximum Gasteiger partial charge on any atom is 0.411 e. The third-order valence-corrected chi connectivity index (χ3v) is 3.42. The van der Waals surface area contributed by atoms with Gasteiger partial charge in [0, 0.05) is 29.7 Å². The summed E-state index contributed by atoms with van der Waals surface area (Å²) in [6.07, 6.45) is -3.73. The predicted octanol–water partition coefficient (Wildman–Crippen LogP) is 3.10. The van der Waals surface area contributed by atoms with Gasteiger partial charge in [0.1, 0.15) is 6.61 Å². The number of fused-ring (bicyclic) bond motifs is 1. The number of rotatable bonds is 7. The van der Waals surface area contributed by atoms with Crippen LogP contribution in [0.2, 0.25) is 0 Å². The fourth-order valence-electron chi connectivity index (χ4n) is 2.38. The topological polar surface area (TPSA) is 54.1 Å². The van der Waals surface area contributed by atoms with Crippen LogP contribution in [0.1, 0.15) is 17.7 Å². The molecule has 0 saturated heterocycles. The van der Waals surface area contributed by atoms with Crippen molar-refractivity contribution in [2.45, 2.75) is 25.9 Å². The van der Waals surface area contributed by atoms with Crippen molar-refractivity contribution in [2.75, 3.05) is 19.8 Å². The van der Waals surface area contributed by atoms with Crippen molar-refractivity contribution in [3.05, 3.63) is 35.5 Å². The Hall–Kier alpha value is -2.02. The van der Waals surface area contributed by atoms with Gasteiger partial charge in [0.2, 0.25) is 5.91 Å². The Morgan fingerprint density at radius 2 is 2.04 bits per heavy atom. The number of aryl methyl sites for hydroxylation is 1. The first-order chi connectivity index (χ1) is 10.9. The van der Waals surface area contributed by atoms with E-state index in [0.29, 0.717) is 6.42 Å². The Bertz CT molecular complexity index is 665. The van der Waals surface area contributed by atoms with Crippen molar-refractivity contribution in [2.24, 2.45) is 0 Å². The molecule has 0 aliphatic heterocycles. The highest BCUT2D eigenvalue weighted by Crippen LogP contribution is 2.22. The fourth-order valence-corrected chi connectivity index (χ4v) is 2.38. The van der Waals surface area contributed by atoms with Crippen molar-refractivity contribution < 1.29 is 22.7 Å². The summed E-state index contributed by atoms with van der Waals surface area (Å²) in [5.74, 6) is -0.159. The van der Waals surface area contributed by atoms with E-state index in [2.05, 4.69) is 15.0 Å². The van der Waals surface area contributed by atoms with Gasteiger partial charge in [0.05, 0.1) is 6.42 Å². The molecular formula is C16H19F3N2O2. The summed E-state index contributed by atoms with van der Waals surface area (Å²) in [6.45, 7) is 0.910. The molecule has 0 fully saturated rings. The standard InChI is InChI=1S/C16H19F3N2O2/c1-11-13(12-5-2-3-6-14(12)21-11)9-15(22)20-7-4-8-23-10-16(17,18)19/h2-3,5-6,21H,4,7-10H2,1H3,(H,20,22). The van der Waals surface area contributed by atoms with Gasteiger partial charge in [-0.05, 0) is 25.0 Å². The Labute approximate surface area is 132 Å². The average Bonchev–Trinajstić information content (AvgIpc) is 2.78. The van der Waals surface area contributed by atoms with Crippen molar-refractivity contribution in [3.8, 4) is 0 Å². The highest BCUT2D eigenvalue weighted by molar-refractivity contribution is 5.90. The van der Waals surface area contributed by atoms with Crippen LogP contribution >= 0.6 is 0 Å². The second-order valence-corrected chi connectivity index (χ2v) is 5.32. The van der Waals surface area contributed by atoms with Crippen LogP contribution < -0.4 is 5.32 Å². The van der Waals surface area contributed by atoms with Crippen LogP contribution in [0.4, 0.5) is 13.2 Å². The molecule has 1 amide bonds. The number of hydrogen-bond acceptors (Lipinski definition) is 2. The molecule has 7 heteroatoms. The molecule has 4 nitrogen and oxygen atoms in total. The van der Waals surface area contributed by atoms with Gasteiger partial charge in [-0.1, -0.05) is 18.2 Å². The number of carbonyl (C=O) groups is 1. The van der Waals surface area contributed by atoms with Crippen LogP contribution in [0, 0.1) is 6.92 Å². The molecule has 2 N–H and O–H groups in total. The lowest BCUT2D eigenvalue weighted by atomic mass is 10.1. The quantitative estimate of drug-likeness (QED) is 0.768. The molecule has 0 bridgehead atoms. The first-order valence-electron chi connectivity index (χ1n) is 7.34. The number of aromatic amines is 1. The Balaban J connectivity index is 1.75. The molecule has 2 rings (SSSR count). The summed E-state index contributed by atoms with van der Waals surface area (Å²) >= 11 is 0. The van der Waals surface area contributed by atoms with Crippen molar-refractivity contribution in [3.63, 3.8) is 0 Å².